The average molecular weight is 320 g/mol. The molecule has 2 aliphatic heterocycles. The lowest BCUT2D eigenvalue weighted by Crippen LogP contribution is -2.55. The van der Waals surface area contributed by atoms with Gasteiger partial charge in [-0.3, -0.25) is 9.59 Å². The van der Waals surface area contributed by atoms with Crippen LogP contribution in [0.1, 0.15) is 27.1 Å². The molecule has 1 saturated heterocycles. The highest BCUT2D eigenvalue weighted by molar-refractivity contribution is 6.21. The zero-order valence-corrected chi connectivity index (χ0v) is 11.8. The van der Waals surface area contributed by atoms with Crippen LogP contribution in [-0.2, 0) is 9.63 Å². The molecule has 1 atom stereocenters. The summed E-state index contributed by atoms with van der Waals surface area (Å²) in [6.45, 7) is -0.295. The summed E-state index contributed by atoms with van der Waals surface area (Å²) in [6.07, 6.45) is 0.335. The Morgan fingerprint density at radius 1 is 1.35 bits per heavy atom. The molecular weight excluding hydrogens is 308 g/mol. The summed E-state index contributed by atoms with van der Waals surface area (Å²) < 4.78 is 0. The van der Waals surface area contributed by atoms with E-state index in [-0.39, 0.29) is 22.6 Å². The number of hydrogen-bond donors (Lipinski definition) is 1. The van der Waals surface area contributed by atoms with Crippen LogP contribution in [0.3, 0.4) is 0 Å². The first-order chi connectivity index (χ1) is 11.0. The lowest BCUT2D eigenvalue weighted by molar-refractivity contribution is -0.729. The molecule has 120 valence electrons. The van der Waals surface area contributed by atoms with Crippen molar-refractivity contribution in [2.24, 2.45) is 5.28 Å². The molecule has 0 aliphatic carbocycles. The smallest absolute Gasteiger partial charge is 0.332 e. The SMILES string of the molecule is O=C(O)[C@@H]1CCN1/[N+]([O-])=N/OCN1C(=O)c2ccccc2C1=O. The summed E-state index contributed by atoms with van der Waals surface area (Å²) in [5.74, 6) is -2.20. The summed E-state index contributed by atoms with van der Waals surface area (Å²) in [4.78, 5) is 40.4. The molecule has 0 unspecified atom stereocenters. The number of hydrogen-bond acceptors (Lipinski definition) is 6. The van der Waals surface area contributed by atoms with Gasteiger partial charge in [0.2, 0.25) is 12.0 Å². The first kappa shape index (κ1) is 14.8. The normalized spacial score (nSPS) is 20.3. The van der Waals surface area contributed by atoms with Crippen molar-refractivity contribution in [1.82, 2.24) is 9.91 Å². The van der Waals surface area contributed by atoms with Crippen LogP contribution >= 0.6 is 0 Å². The number of carbonyl (C=O) groups excluding carboxylic acids is 2. The van der Waals surface area contributed by atoms with Crippen molar-refractivity contribution in [2.45, 2.75) is 12.5 Å². The largest absolute Gasteiger partial charge is 0.569 e. The molecule has 1 aromatic carbocycles. The van der Waals surface area contributed by atoms with Gasteiger partial charge in [-0.25, -0.2) is 9.69 Å². The number of fused-ring (bicyclic) bond motifs is 1. The van der Waals surface area contributed by atoms with Gasteiger partial charge in [0.15, 0.2) is 6.04 Å². The second kappa shape index (κ2) is 5.55. The monoisotopic (exact) mass is 320 g/mol. The number of carbonyl (C=O) groups is 3. The van der Waals surface area contributed by atoms with E-state index in [0.717, 1.165) is 9.91 Å². The second-order valence-corrected chi connectivity index (χ2v) is 4.98. The second-order valence-electron chi connectivity index (χ2n) is 4.98. The fourth-order valence-electron chi connectivity index (χ4n) is 2.37. The number of nitrogens with zero attached hydrogens (tertiary/aromatic N) is 4. The minimum atomic E-state index is -1.13. The molecule has 0 aromatic heterocycles. The predicted octanol–water partition coefficient (Wildman–Crippen LogP) is 0.208. The van der Waals surface area contributed by atoms with Gasteiger partial charge in [0.25, 0.3) is 11.8 Å². The van der Waals surface area contributed by atoms with Gasteiger partial charge < -0.3 is 15.2 Å². The molecule has 0 saturated carbocycles. The number of carboxylic acids is 1. The van der Waals surface area contributed by atoms with Crippen LogP contribution in [-0.4, -0.2) is 57.1 Å². The van der Waals surface area contributed by atoms with Gasteiger partial charge in [-0.2, -0.15) is 0 Å². The van der Waals surface area contributed by atoms with Crippen molar-refractivity contribution in [3.05, 3.63) is 40.6 Å². The zero-order valence-electron chi connectivity index (χ0n) is 11.8. The maximum absolute atomic E-state index is 12.0. The van der Waals surface area contributed by atoms with Crippen molar-refractivity contribution in [3.8, 4) is 0 Å². The van der Waals surface area contributed by atoms with Crippen LogP contribution in [0.15, 0.2) is 29.5 Å². The van der Waals surface area contributed by atoms with E-state index in [2.05, 4.69) is 5.28 Å². The molecule has 1 fully saturated rings. The molecule has 1 aromatic rings. The van der Waals surface area contributed by atoms with Crippen LogP contribution < -0.4 is 0 Å². The van der Waals surface area contributed by atoms with Gasteiger partial charge in [-0.1, -0.05) is 12.1 Å². The Hall–Kier alpha value is -3.17. The Labute approximate surface area is 129 Å². The maximum Gasteiger partial charge on any atom is 0.332 e. The van der Waals surface area contributed by atoms with Crippen LogP contribution in [0.5, 0.6) is 0 Å². The first-order valence-electron chi connectivity index (χ1n) is 6.75. The number of benzene rings is 1. The van der Waals surface area contributed by atoms with E-state index in [1.807, 2.05) is 0 Å². The lowest BCUT2D eigenvalue weighted by Gasteiger charge is -2.32. The molecule has 2 heterocycles. The molecule has 23 heavy (non-hydrogen) atoms. The number of carboxylic acid groups (broad SMARTS) is 1. The van der Waals surface area contributed by atoms with Gasteiger partial charge in [0, 0.05) is 6.42 Å². The fourth-order valence-corrected chi connectivity index (χ4v) is 2.37. The van der Waals surface area contributed by atoms with Crippen molar-refractivity contribution in [2.75, 3.05) is 13.3 Å². The third-order valence-electron chi connectivity index (χ3n) is 3.69. The summed E-state index contributed by atoms with van der Waals surface area (Å²) in [5.41, 5.74) is 0.516. The van der Waals surface area contributed by atoms with Gasteiger partial charge in [0.1, 0.15) is 0 Å². The molecule has 0 bridgehead atoms. The number of aliphatic carboxylic acids is 1. The van der Waals surface area contributed by atoms with Crippen molar-refractivity contribution in [3.63, 3.8) is 0 Å². The van der Waals surface area contributed by atoms with Crippen LogP contribution in [0.4, 0.5) is 0 Å². The third kappa shape index (κ3) is 2.43. The molecular formula is C13H12N4O6. The maximum atomic E-state index is 12.0. The van der Waals surface area contributed by atoms with E-state index < -0.39 is 30.6 Å². The lowest BCUT2D eigenvalue weighted by atomic mass is 10.1. The highest BCUT2D eigenvalue weighted by atomic mass is 16.7. The molecule has 10 heteroatoms. The zero-order chi connectivity index (χ0) is 16.6. The third-order valence-corrected chi connectivity index (χ3v) is 3.69. The molecule has 1 N–H and O–H groups in total. The Bertz CT molecular complexity index is 683. The summed E-state index contributed by atoms with van der Waals surface area (Å²) >= 11 is 0. The first-order valence-corrected chi connectivity index (χ1v) is 6.75. The van der Waals surface area contributed by atoms with E-state index in [0.29, 0.717) is 6.42 Å². The van der Waals surface area contributed by atoms with Crippen molar-refractivity contribution in [1.29, 1.82) is 0 Å². The van der Waals surface area contributed by atoms with Crippen molar-refractivity contribution >= 4 is 17.8 Å². The van der Waals surface area contributed by atoms with Crippen molar-refractivity contribution < 1.29 is 29.3 Å². The quantitative estimate of drug-likeness (QED) is 0.355. The van der Waals surface area contributed by atoms with Crippen LogP contribution in [0.25, 0.3) is 0 Å². The summed E-state index contributed by atoms with van der Waals surface area (Å²) in [6, 6.07) is 5.36. The molecule has 0 radical (unpaired) electrons. The van der Waals surface area contributed by atoms with Gasteiger partial charge >= 0.3 is 5.97 Å². The Morgan fingerprint density at radius 3 is 2.43 bits per heavy atom. The highest BCUT2D eigenvalue weighted by Crippen LogP contribution is 2.22. The Kier molecular flexibility index (Phi) is 3.56. The minimum Gasteiger partial charge on any atom is -0.569 e. The highest BCUT2D eigenvalue weighted by Gasteiger charge is 2.41. The fraction of sp³-hybridized carbons (Fsp3) is 0.308. The van der Waals surface area contributed by atoms with E-state index >= 15 is 0 Å². The number of hydrazine groups is 1. The summed E-state index contributed by atoms with van der Waals surface area (Å²) in [7, 11) is 0. The standard InChI is InChI=1S/C13H12N4O6/c18-11-8-3-1-2-4-9(8)12(19)15(11)7-23-14-17(22)16-6-5-10(16)13(20)21/h1-4,10H,5-7H2,(H,20,21)/b17-14-/t10-/m0/s1. The Balaban J connectivity index is 1.62. The van der Waals surface area contributed by atoms with Crippen LogP contribution in [0.2, 0.25) is 0 Å². The van der Waals surface area contributed by atoms with Gasteiger partial charge in [0.05, 0.1) is 22.6 Å². The van der Waals surface area contributed by atoms with Gasteiger partial charge in [-0.15, -0.1) is 5.01 Å². The van der Waals surface area contributed by atoms with E-state index in [9.17, 15) is 19.6 Å². The predicted molar refractivity (Wildman–Crippen MR) is 71.7 cm³/mol. The molecule has 0 spiro atoms. The molecule has 2 aliphatic rings. The van der Waals surface area contributed by atoms with Crippen LogP contribution in [0, 0.1) is 5.21 Å². The minimum absolute atomic E-state index is 0.0143. The van der Waals surface area contributed by atoms with E-state index in [1.165, 1.54) is 12.1 Å². The number of amides is 2. The molecule has 2 amide bonds. The number of rotatable bonds is 5. The molecule has 10 nitrogen and oxygen atoms in total. The van der Waals surface area contributed by atoms with E-state index in [4.69, 9.17) is 9.94 Å². The number of imide groups is 1. The average Bonchev–Trinajstić information content (AvgIpc) is 2.71. The topological polar surface area (TPSA) is 126 Å². The van der Waals surface area contributed by atoms with Gasteiger partial charge in [-0.05, 0) is 12.1 Å². The molecule has 3 rings (SSSR count). The Morgan fingerprint density at radius 2 is 1.96 bits per heavy atom. The summed E-state index contributed by atoms with van der Waals surface area (Å²) in [5, 5.41) is 24.5. The van der Waals surface area contributed by atoms with E-state index in [1.54, 1.807) is 12.1 Å².